The quantitative estimate of drug-likeness (QED) is 0.661. The minimum atomic E-state index is -0.356. The molecular formula is C24H27N2O2+. The van der Waals surface area contributed by atoms with Gasteiger partial charge in [-0.25, -0.2) is 0 Å². The zero-order valence-electron chi connectivity index (χ0n) is 16.6. The van der Waals surface area contributed by atoms with Crippen molar-refractivity contribution in [2.45, 2.75) is 26.4 Å². The van der Waals surface area contributed by atoms with E-state index in [-0.39, 0.29) is 11.9 Å². The number of methoxy groups -OCH3 is 1. The van der Waals surface area contributed by atoms with Crippen LogP contribution >= 0.6 is 0 Å². The van der Waals surface area contributed by atoms with Gasteiger partial charge in [0.1, 0.15) is 12.3 Å². The van der Waals surface area contributed by atoms with Crippen LogP contribution in [-0.4, -0.2) is 13.0 Å². The molecule has 0 saturated carbocycles. The Balaban J connectivity index is 1.84. The fourth-order valence-electron chi connectivity index (χ4n) is 3.27. The Bertz CT molecular complexity index is 938. The summed E-state index contributed by atoms with van der Waals surface area (Å²) in [4.78, 5) is 13.2. The Morgan fingerprint density at radius 3 is 2.43 bits per heavy atom. The van der Waals surface area contributed by atoms with Crippen LogP contribution in [0.15, 0.2) is 72.8 Å². The maximum absolute atomic E-state index is 13.2. The minimum absolute atomic E-state index is 0.0660. The topological polar surface area (TPSA) is 54.9 Å². The maximum atomic E-state index is 13.2. The van der Waals surface area contributed by atoms with E-state index in [1.54, 1.807) is 7.11 Å². The van der Waals surface area contributed by atoms with Crippen LogP contribution in [0.3, 0.4) is 0 Å². The third kappa shape index (κ3) is 4.78. The molecule has 0 aliphatic heterocycles. The van der Waals surface area contributed by atoms with E-state index in [1.165, 1.54) is 11.1 Å². The number of ether oxygens (including phenoxy) is 1. The predicted molar refractivity (Wildman–Crippen MR) is 112 cm³/mol. The highest BCUT2D eigenvalue weighted by Gasteiger charge is 2.25. The standard InChI is InChI=1S/C24H26N2O2/c1-17-13-14-22(28-3)21(15-17)26-24(27)23(19-10-5-4-6-11-19)25-16-20-12-8-7-9-18(20)2/h4-15,23,25H,16H2,1-3H3,(H,26,27)/p+1/t23-/m0/s1. The van der Waals surface area contributed by atoms with Crippen molar-refractivity contribution in [3.63, 3.8) is 0 Å². The summed E-state index contributed by atoms with van der Waals surface area (Å²) in [6.45, 7) is 4.82. The number of anilines is 1. The molecule has 0 fully saturated rings. The van der Waals surface area contributed by atoms with Crippen LogP contribution in [0.5, 0.6) is 5.75 Å². The Labute approximate surface area is 166 Å². The van der Waals surface area contributed by atoms with Crippen molar-refractivity contribution in [3.05, 3.63) is 95.1 Å². The molecular weight excluding hydrogens is 348 g/mol. The molecule has 1 amide bonds. The van der Waals surface area contributed by atoms with E-state index in [9.17, 15) is 4.79 Å². The van der Waals surface area contributed by atoms with E-state index >= 15 is 0 Å². The molecule has 3 aromatic rings. The zero-order valence-corrected chi connectivity index (χ0v) is 16.6. The van der Waals surface area contributed by atoms with Crippen LogP contribution in [0.25, 0.3) is 0 Å². The molecule has 4 heteroatoms. The number of benzene rings is 3. The third-order valence-corrected chi connectivity index (χ3v) is 4.89. The number of nitrogens with one attached hydrogen (secondary N) is 1. The first-order chi connectivity index (χ1) is 13.6. The summed E-state index contributed by atoms with van der Waals surface area (Å²) in [5.74, 6) is 0.591. The molecule has 3 N–H and O–H groups in total. The van der Waals surface area contributed by atoms with Gasteiger partial charge in [0.25, 0.3) is 5.91 Å². The van der Waals surface area contributed by atoms with Gasteiger partial charge in [-0.3, -0.25) is 4.79 Å². The van der Waals surface area contributed by atoms with Crippen LogP contribution in [0.2, 0.25) is 0 Å². The van der Waals surface area contributed by atoms with Gasteiger partial charge in [-0.15, -0.1) is 0 Å². The number of nitrogens with two attached hydrogens (primary N) is 1. The smallest absolute Gasteiger partial charge is 0.287 e. The lowest BCUT2D eigenvalue weighted by atomic mass is 10.0. The largest absolute Gasteiger partial charge is 0.495 e. The van der Waals surface area contributed by atoms with Gasteiger partial charge in [-0.05, 0) is 37.1 Å². The van der Waals surface area contributed by atoms with E-state index in [1.807, 2.05) is 67.6 Å². The second-order valence-electron chi connectivity index (χ2n) is 6.95. The van der Waals surface area contributed by atoms with Crippen molar-refractivity contribution in [3.8, 4) is 5.75 Å². The molecule has 28 heavy (non-hydrogen) atoms. The highest BCUT2D eigenvalue weighted by Crippen LogP contribution is 2.26. The number of carbonyl (C=O) groups is 1. The van der Waals surface area contributed by atoms with Crippen LogP contribution in [0.1, 0.15) is 28.3 Å². The highest BCUT2D eigenvalue weighted by atomic mass is 16.5. The van der Waals surface area contributed by atoms with E-state index < -0.39 is 0 Å². The molecule has 0 heterocycles. The van der Waals surface area contributed by atoms with Crippen LogP contribution < -0.4 is 15.4 Å². The SMILES string of the molecule is COc1ccc(C)cc1NC(=O)[C@@H]([NH2+]Cc1ccccc1C)c1ccccc1. The zero-order chi connectivity index (χ0) is 19.9. The molecule has 4 nitrogen and oxygen atoms in total. The lowest BCUT2D eigenvalue weighted by Crippen LogP contribution is -2.85. The summed E-state index contributed by atoms with van der Waals surface area (Å²) >= 11 is 0. The number of hydrogen-bond donors (Lipinski definition) is 2. The molecule has 0 saturated heterocycles. The highest BCUT2D eigenvalue weighted by molar-refractivity contribution is 5.95. The molecule has 3 aromatic carbocycles. The van der Waals surface area contributed by atoms with E-state index in [0.717, 1.165) is 17.7 Å². The fourth-order valence-corrected chi connectivity index (χ4v) is 3.27. The molecule has 0 unspecified atom stereocenters. The molecule has 1 atom stereocenters. The average Bonchev–Trinajstić information content (AvgIpc) is 2.70. The summed E-state index contributed by atoms with van der Waals surface area (Å²) in [6, 6.07) is 23.6. The number of rotatable bonds is 7. The number of quaternary nitrogens is 1. The van der Waals surface area contributed by atoms with Gasteiger partial charge in [0.2, 0.25) is 0 Å². The van der Waals surface area contributed by atoms with Gasteiger partial charge in [-0.2, -0.15) is 0 Å². The van der Waals surface area contributed by atoms with Crippen LogP contribution in [0, 0.1) is 13.8 Å². The summed E-state index contributed by atoms with van der Waals surface area (Å²) in [5, 5.41) is 5.14. The van der Waals surface area contributed by atoms with E-state index in [4.69, 9.17) is 4.74 Å². The summed E-state index contributed by atoms with van der Waals surface area (Å²) in [5.41, 5.74) is 5.19. The number of aryl methyl sites for hydroxylation is 2. The number of amides is 1. The summed E-state index contributed by atoms with van der Waals surface area (Å²) in [7, 11) is 1.61. The van der Waals surface area contributed by atoms with Gasteiger partial charge in [-0.1, -0.05) is 60.7 Å². The van der Waals surface area contributed by atoms with Gasteiger partial charge in [0.05, 0.1) is 12.8 Å². The minimum Gasteiger partial charge on any atom is -0.495 e. The molecule has 144 valence electrons. The van der Waals surface area contributed by atoms with Crippen LogP contribution in [-0.2, 0) is 11.3 Å². The number of hydrogen-bond acceptors (Lipinski definition) is 2. The predicted octanol–water partition coefficient (Wildman–Crippen LogP) is 3.76. The average molecular weight is 375 g/mol. The van der Waals surface area contributed by atoms with Gasteiger partial charge < -0.3 is 15.4 Å². The Morgan fingerprint density at radius 2 is 1.71 bits per heavy atom. The molecule has 0 bridgehead atoms. The summed E-state index contributed by atoms with van der Waals surface area (Å²) < 4.78 is 5.41. The normalized spacial score (nSPS) is 11.7. The first kappa shape index (κ1) is 19.6. The summed E-state index contributed by atoms with van der Waals surface area (Å²) in [6.07, 6.45) is 0. The fraction of sp³-hybridized carbons (Fsp3) is 0.208. The van der Waals surface area contributed by atoms with Crippen molar-refractivity contribution in [1.29, 1.82) is 0 Å². The number of carbonyl (C=O) groups excluding carboxylic acids is 1. The first-order valence-corrected chi connectivity index (χ1v) is 9.47. The van der Waals surface area contributed by atoms with Crippen molar-refractivity contribution < 1.29 is 14.8 Å². The Hall–Kier alpha value is -3.11. The van der Waals surface area contributed by atoms with Gasteiger partial charge >= 0.3 is 0 Å². The lowest BCUT2D eigenvalue weighted by molar-refractivity contribution is -0.697. The second kappa shape index (κ2) is 9.20. The third-order valence-electron chi connectivity index (χ3n) is 4.89. The van der Waals surface area contributed by atoms with Crippen molar-refractivity contribution in [1.82, 2.24) is 0 Å². The first-order valence-electron chi connectivity index (χ1n) is 9.47. The maximum Gasteiger partial charge on any atom is 0.287 e. The Kier molecular flexibility index (Phi) is 6.45. The van der Waals surface area contributed by atoms with E-state index in [0.29, 0.717) is 11.4 Å². The molecule has 0 aromatic heterocycles. The van der Waals surface area contributed by atoms with Crippen LogP contribution in [0.4, 0.5) is 5.69 Å². The molecule has 0 spiro atoms. The molecule has 3 rings (SSSR count). The molecule has 0 radical (unpaired) electrons. The Morgan fingerprint density at radius 1 is 1.00 bits per heavy atom. The molecule has 0 aliphatic carbocycles. The second-order valence-corrected chi connectivity index (χ2v) is 6.95. The van der Waals surface area contributed by atoms with Gasteiger partial charge in [0, 0.05) is 11.1 Å². The van der Waals surface area contributed by atoms with Crippen molar-refractivity contribution in [2.75, 3.05) is 12.4 Å². The van der Waals surface area contributed by atoms with Crippen molar-refractivity contribution in [2.24, 2.45) is 0 Å². The van der Waals surface area contributed by atoms with Crippen molar-refractivity contribution >= 4 is 11.6 Å². The van der Waals surface area contributed by atoms with Gasteiger partial charge in [0.15, 0.2) is 6.04 Å². The molecule has 0 aliphatic rings. The lowest BCUT2D eigenvalue weighted by Gasteiger charge is -2.18. The van der Waals surface area contributed by atoms with E-state index in [2.05, 4.69) is 29.7 Å². The monoisotopic (exact) mass is 375 g/mol.